The molecule has 0 saturated heterocycles. The smallest absolute Gasteiger partial charge is 0.251 e. The lowest BCUT2D eigenvalue weighted by Gasteiger charge is -2.14. The van der Waals surface area contributed by atoms with E-state index in [1.807, 2.05) is 0 Å². The largest absolute Gasteiger partial charge is 0.396 e. The number of carbonyl (C=O) groups is 1. The Labute approximate surface area is 115 Å². The summed E-state index contributed by atoms with van der Waals surface area (Å²) in [5.41, 5.74) is 0.491. The van der Waals surface area contributed by atoms with Crippen LogP contribution in [0, 0.1) is 5.41 Å². The molecule has 0 aliphatic heterocycles. The van der Waals surface area contributed by atoms with Gasteiger partial charge in [0.1, 0.15) is 10.3 Å². The Morgan fingerprint density at radius 1 is 1.39 bits per heavy atom. The van der Waals surface area contributed by atoms with Gasteiger partial charge in [-0.2, -0.15) is 0 Å². The number of hydrogen-bond acceptors (Lipinski definition) is 3. The fourth-order valence-corrected chi connectivity index (χ4v) is 2.36. The fraction of sp³-hybridized carbons (Fsp3) is 0.500. The second-order valence-corrected chi connectivity index (χ2v) is 5.43. The highest BCUT2D eigenvalue weighted by atomic mass is 35.5. The Bertz CT molecular complexity index is 441. The molecule has 1 amide bonds. The monoisotopic (exact) mass is 288 g/mol. The third-order valence-corrected chi connectivity index (χ3v) is 3.64. The second kappa shape index (κ2) is 5.43. The van der Waals surface area contributed by atoms with Crippen molar-refractivity contribution in [3.8, 4) is 0 Å². The molecular weight excluding hydrogens is 275 g/mol. The maximum Gasteiger partial charge on any atom is 0.251 e. The Kier molecular flexibility index (Phi) is 4.10. The van der Waals surface area contributed by atoms with Crippen LogP contribution in [0.5, 0.6) is 0 Å². The van der Waals surface area contributed by atoms with Gasteiger partial charge in [0.2, 0.25) is 0 Å². The summed E-state index contributed by atoms with van der Waals surface area (Å²) in [6, 6.07) is 2.96. The van der Waals surface area contributed by atoms with Crippen LogP contribution in [0.1, 0.15) is 29.6 Å². The highest BCUT2D eigenvalue weighted by Gasteiger charge is 2.41. The van der Waals surface area contributed by atoms with E-state index in [9.17, 15) is 4.79 Å². The average molecular weight is 289 g/mol. The van der Waals surface area contributed by atoms with Crippen LogP contribution in [0.2, 0.25) is 10.3 Å². The van der Waals surface area contributed by atoms with E-state index in [0.29, 0.717) is 12.1 Å². The number of aliphatic hydroxyl groups is 1. The summed E-state index contributed by atoms with van der Waals surface area (Å²) in [5, 5.41) is 12.2. The molecule has 98 valence electrons. The number of amides is 1. The molecule has 0 radical (unpaired) electrons. The van der Waals surface area contributed by atoms with Gasteiger partial charge in [0, 0.05) is 18.7 Å². The summed E-state index contributed by atoms with van der Waals surface area (Å²) in [5.74, 6) is -0.217. The number of halogens is 2. The Hall–Kier alpha value is -0.840. The lowest BCUT2D eigenvalue weighted by atomic mass is 10.0. The Balaban J connectivity index is 1.95. The maximum atomic E-state index is 11.9. The van der Waals surface area contributed by atoms with E-state index in [1.165, 1.54) is 12.1 Å². The SMILES string of the molecule is O=C(NCC1(CCO)CC1)c1cc(Cl)nc(Cl)c1. The number of nitrogens with zero attached hydrogens (tertiary/aromatic N) is 1. The first kappa shape index (κ1) is 13.6. The van der Waals surface area contributed by atoms with Crippen molar-refractivity contribution >= 4 is 29.1 Å². The van der Waals surface area contributed by atoms with E-state index in [-0.39, 0.29) is 28.2 Å². The van der Waals surface area contributed by atoms with Crippen LogP contribution in [-0.4, -0.2) is 29.1 Å². The first-order chi connectivity index (χ1) is 8.54. The summed E-state index contributed by atoms with van der Waals surface area (Å²) in [6.07, 6.45) is 2.82. The van der Waals surface area contributed by atoms with Crippen molar-refractivity contribution in [2.45, 2.75) is 19.3 Å². The molecule has 0 atom stereocenters. The lowest BCUT2D eigenvalue weighted by molar-refractivity contribution is 0.0940. The van der Waals surface area contributed by atoms with Gasteiger partial charge in [-0.1, -0.05) is 23.2 Å². The van der Waals surface area contributed by atoms with Gasteiger partial charge in [0.05, 0.1) is 0 Å². The molecule has 1 aliphatic rings. The molecule has 0 bridgehead atoms. The van der Waals surface area contributed by atoms with Crippen molar-refractivity contribution in [1.82, 2.24) is 10.3 Å². The molecule has 0 spiro atoms. The number of carbonyl (C=O) groups excluding carboxylic acids is 1. The predicted octanol–water partition coefficient (Wildman–Crippen LogP) is 2.28. The molecule has 6 heteroatoms. The van der Waals surface area contributed by atoms with Crippen molar-refractivity contribution in [3.63, 3.8) is 0 Å². The van der Waals surface area contributed by atoms with Crippen molar-refractivity contribution in [3.05, 3.63) is 28.0 Å². The van der Waals surface area contributed by atoms with E-state index < -0.39 is 0 Å². The van der Waals surface area contributed by atoms with Crippen LogP contribution in [0.25, 0.3) is 0 Å². The van der Waals surface area contributed by atoms with Crippen molar-refractivity contribution in [2.75, 3.05) is 13.2 Å². The van der Waals surface area contributed by atoms with E-state index >= 15 is 0 Å². The number of aliphatic hydroxyl groups excluding tert-OH is 1. The summed E-state index contributed by atoms with van der Waals surface area (Å²) >= 11 is 11.5. The van der Waals surface area contributed by atoms with Crippen LogP contribution in [0.3, 0.4) is 0 Å². The van der Waals surface area contributed by atoms with E-state index in [2.05, 4.69) is 10.3 Å². The van der Waals surface area contributed by atoms with Crippen LogP contribution < -0.4 is 5.32 Å². The van der Waals surface area contributed by atoms with E-state index in [1.54, 1.807) is 0 Å². The molecule has 1 aromatic rings. The minimum absolute atomic E-state index is 0.0883. The van der Waals surface area contributed by atoms with Gasteiger partial charge in [-0.25, -0.2) is 4.98 Å². The zero-order chi connectivity index (χ0) is 13.2. The van der Waals surface area contributed by atoms with E-state index in [0.717, 1.165) is 19.3 Å². The number of pyridine rings is 1. The Morgan fingerprint density at radius 3 is 2.50 bits per heavy atom. The molecule has 1 heterocycles. The maximum absolute atomic E-state index is 11.9. The number of rotatable bonds is 5. The van der Waals surface area contributed by atoms with Gasteiger partial charge < -0.3 is 10.4 Å². The topological polar surface area (TPSA) is 62.2 Å². The Morgan fingerprint density at radius 2 is 2.00 bits per heavy atom. The third kappa shape index (κ3) is 3.34. The number of nitrogens with one attached hydrogen (secondary N) is 1. The first-order valence-electron chi connectivity index (χ1n) is 5.77. The molecule has 2 rings (SSSR count). The van der Waals surface area contributed by atoms with Crippen molar-refractivity contribution < 1.29 is 9.90 Å². The van der Waals surface area contributed by atoms with Gasteiger partial charge >= 0.3 is 0 Å². The molecule has 1 fully saturated rings. The van der Waals surface area contributed by atoms with Gasteiger partial charge in [-0.15, -0.1) is 0 Å². The molecule has 2 N–H and O–H groups in total. The van der Waals surface area contributed by atoms with Crippen LogP contribution in [0.15, 0.2) is 12.1 Å². The first-order valence-corrected chi connectivity index (χ1v) is 6.52. The molecule has 1 aromatic heterocycles. The predicted molar refractivity (Wildman–Crippen MR) is 70.0 cm³/mol. The fourth-order valence-electron chi connectivity index (χ4n) is 1.89. The average Bonchev–Trinajstić information content (AvgIpc) is 3.06. The van der Waals surface area contributed by atoms with Crippen LogP contribution >= 0.6 is 23.2 Å². The lowest BCUT2D eigenvalue weighted by Crippen LogP contribution is -2.30. The van der Waals surface area contributed by atoms with Gasteiger partial charge in [0.15, 0.2) is 0 Å². The van der Waals surface area contributed by atoms with Crippen molar-refractivity contribution in [1.29, 1.82) is 0 Å². The molecule has 1 aliphatic carbocycles. The normalized spacial score (nSPS) is 16.4. The summed E-state index contributed by atoms with van der Waals surface area (Å²) < 4.78 is 0. The zero-order valence-corrected chi connectivity index (χ0v) is 11.3. The minimum atomic E-state index is -0.217. The molecule has 18 heavy (non-hydrogen) atoms. The standard InChI is InChI=1S/C12H14Cl2N2O2/c13-9-5-8(6-10(14)16-9)11(18)15-7-12(1-2-12)3-4-17/h5-6,17H,1-4,7H2,(H,15,18). The third-order valence-electron chi connectivity index (χ3n) is 3.25. The number of aromatic nitrogens is 1. The summed E-state index contributed by atoms with van der Waals surface area (Å²) in [4.78, 5) is 15.7. The van der Waals surface area contributed by atoms with Crippen LogP contribution in [-0.2, 0) is 0 Å². The highest BCUT2D eigenvalue weighted by molar-refractivity contribution is 6.33. The van der Waals surface area contributed by atoms with Crippen molar-refractivity contribution in [2.24, 2.45) is 5.41 Å². The van der Waals surface area contributed by atoms with Gasteiger partial charge in [-0.05, 0) is 36.8 Å². The second-order valence-electron chi connectivity index (χ2n) is 4.66. The molecule has 4 nitrogen and oxygen atoms in total. The number of hydrogen-bond donors (Lipinski definition) is 2. The van der Waals surface area contributed by atoms with E-state index in [4.69, 9.17) is 28.3 Å². The summed E-state index contributed by atoms with van der Waals surface area (Å²) in [6.45, 7) is 0.729. The van der Waals surface area contributed by atoms with Gasteiger partial charge in [0.25, 0.3) is 5.91 Å². The molecule has 0 unspecified atom stereocenters. The quantitative estimate of drug-likeness (QED) is 0.817. The molecule has 0 aromatic carbocycles. The molecule has 1 saturated carbocycles. The summed E-state index contributed by atoms with van der Waals surface area (Å²) in [7, 11) is 0. The van der Waals surface area contributed by atoms with Gasteiger partial charge in [-0.3, -0.25) is 4.79 Å². The van der Waals surface area contributed by atoms with Crippen LogP contribution in [0.4, 0.5) is 0 Å². The minimum Gasteiger partial charge on any atom is -0.396 e. The zero-order valence-electron chi connectivity index (χ0n) is 9.75. The molecular formula is C12H14Cl2N2O2. The highest BCUT2D eigenvalue weighted by Crippen LogP contribution is 2.47.